The molecule has 4 nitrogen and oxygen atoms in total. The van der Waals surface area contributed by atoms with Crippen LogP contribution in [0.25, 0.3) is 0 Å². The highest BCUT2D eigenvalue weighted by molar-refractivity contribution is 5.78. The molecule has 0 unspecified atom stereocenters. The van der Waals surface area contributed by atoms with Gasteiger partial charge in [-0.3, -0.25) is 4.79 Å². The summed E-state index contributed by atoms with van der Waals surface area (Å²) in [5.41, 5.74) is -0.0850. The first kappa shape index (κ1) is 12.5. The van der Waals surface area contributed by atoms with Gasteiger partial charge < -0.3 is 15.4 Å². The molecule has 1 heterocycles. The number of carbonyl (C=O) groups is 1. The van der Waals surface area contributed by atoms with Crippen molar-refractivity contribution in [1.82, 2.24) is 10.6 Å². The third-order valence-electron chi connectivity index (χ3n) is 3.20. The van der Waals surface area contributed by atoms with Crippen molar-refractivity contribution >= 4 is 5.91 Å². The first-order chi connectivity index (χ1) is 7.09. The summed E-state index contributed by atoms with van der Waals surface area (Å²) >= 11 is 0. The van der Waals surface area contributed by atoms with E-state index < -0.39 is 0 Å². The molecular formula is C11H22N2O2. The number of hydrogen-bond acceptors (Lipinski definition) is 3. The average molecular weight is 214 g/mol. The number of amides is 1. The molecule has 1 aliphatic heterocycles. The predicted molar refractivity (Wildman–Crippen MR) is 59.7 cm³/mol. The minimum atomic E-state index is -0.0850. The molecule has 1 amide bonds. The smallest absolute Gasteiger partial charge is 0.246 e. The Morgan fingerprint density at radius 2 is 2.07 bits per heavy atom. The van der Waals surface area contributed by atoms with Crippen molar-refractivity contribution < 1.29 is 9.53 Å². The number of hydrogen-bond donors (Lipinski definition) is 2. The molecule has 0 saturated carbocycles. The molecule has 0 aromatic rings. The maximum absolute atomic E-state index is 11.6. The zero-order chi connectivity index (χ0) is 11.3. The van der Waals surface area contributed by atoms with Gasteiger partial charge in [-0.05, 0) is 19.8 Å². The summed E-state index contributed by atoms with van der Waals surface area (Å²) in [6.07, 6.45) is 2.12. The summed E-state index contributed by atoms with van der Waals surface area (Å²) in [5, 5.41) is 6.11. The van der Waals surface area contributed by atoms with E-state index in [4.69, 9.17) is 4.74 Å². The summed E-state index contributed by atoms with van der Waals surface area (Å²) in [6.45, 7) is 8.15. The Labute approximate surface area is 91.8 Å². The number of carbonyl (C=O) groups excluding carboxylic acids is 1. The monoisotopic (exact) mass is 214 g/mol. The van der Waals surface area contributed by atoms with Crippen LogP contribution in [0.4, 0.5) is 0 Å². The minimum Gasteiger partial charge on any atom is -0.366 e. The van der Waals surface area contributed by atoms with Gasteiger partial charge in [0, 0.05) is 18.6 Å². The van der Waals surface area contributed by atoms with Crippen LogP contribution < -0.4 is 10.6 Å². The Morgan fingerprint density at radius 3 is 2.47 bits per heavy atom. The van der Waals surface area contributed by atoms with Gasteiger partial charge in [0.15, 0.2) is 0 Å². The van der Waals surface area contributed by atoms with Crippen LogP contribution in [0.15, 0.2) is 0 Å². The molecule has 0 aromatic carbocycles. The molecule has 0 bridgehead atoms. The zero-order valence-corrected chi connectivity index (χ0v) is 9.93. The first-order valence-corrected chi connectivity index (χ1v) is 5.73. The van der Waals surface area contributed by atoms with E-state index in [0.29, 0.717) is 0 Å². The normalized spacial score (nSPS) is 17.3. The number of rotatable bonds is 6. The summed E-state index contributed by atoms with van der Waals surface area (Å²) in [5.74, 6) is -0.00639. The second-order valence-corrected chi connectivity index (χ2v) is 4.41. The third kappa shape index (κ3) is 3.80. The van der Waals surface area contributed by atoms with E-state index in [1.807, 2.05) is 0 Å². The molecule has 0 atom stereocenters. The molecule has 0 aromatic heterocycles. The molecule has 88 valence electrons. The molecule has 0 radical (unpaired) electrons. The van der Waals surface area contributed by atoms with Crippen molar-refractivity contribution in [3.05, 3.63) is 0 Å². The highest BCUT2D eigenvalue weighted by atomic mass is 16.5. The van der Waals surface area contributed by atoms with Gasteiger partial charge in [-0.15, -0.1) is 0 Å². The highest BCUT2D eigenvalue weighted by Gasteiger charge is 2.23. The molecule has 2 N–H and O–H groups in total. The Bertz CT molecular complexity index is 211. The fourth-order valence-electron chi connectivity index (χ4n) is 1.37. The lowest BCUT2D eigenvalue weighted by molar-refractivity contribution is -0.130. The molecule has 1 aliphatic rings. The van der Waals surface area contributed by atoms with E-state index in [2.05, 4.69) is 31.4 Å². The van der Waals surface area contributed by atoms with E-state index in [-0.39, 0.29) is 24.2 Å². The van der Waals surface area contributed by atoms with E-state index >= 15 is 0 Å². The largest absolute Gasteiger partial charge is 0.366 e. The van der Waals surface area contributed by atoms with Crippen molar-refractivity contribution in [2.45, 2.75) is 45.3 Å². The van der Waals surface area contributed by atoms with Gasteiger partial charge >= 0.3 is 0 Å². The van der Waals surface area contributed by atoms with Crippen LogP contribution in [-0.4, -0.2) is 37.2 Å². The third-order valence-corrected chi connectivity index (χ3v) is 3.20. The van der Waals surface area contributed by atoms with Gasteiger partial charge in [-0.2, -0.15) is 0 Å². The van der Waals surface area contributed by atoms with Crippen LogP contribution in [0, 0.1) is 0 Å². The maximum Gasteiger partial charge on any atom is 0.246 e. The van der Waals surface area contributed by atoms with Gasteiger partial charge in [0.25, 0.3) is 0 Å². The Balaban J connectivity index is 2.21. The van der Waals surface area contributed by atoms with E-state index in [9.17, 15) is 4.79 Å². The minimum absolute atomic E-state index is 0.00639. The topological polar surface area (TPSA) is 50.4 Å². The highest BCUT2D eigenvalue weighted by Crippen LogP contribution is 2.13. The van der Waals surface area contributed by atoms with Crippen LogP contribution in [-0.2, 0) is 9.53 Å². The maximum atomic E-state index is 11.6. The van der Waals surface area contributed by atoms with Crippen molar-refractivity contribution in [2.75, 3.05) is 19.7 Å². The predicted octanol–water partition coefficient (Wildman–Crippen LogP) is 0.670. The average Bonchev–Trinajstić information content (AvgIpc) is 2.15. The Morgan fingerprint density at radius 1 is 1.47 bits per heavy atom. The molecular weight excluding hydrogens is 192 g/mol. The van der Waals surface area contributed by atoms with Gasteiger partial charge in [-0.25, -0.2) is 0 Å². The second kappa shape index (κ2) is 5.47. The molecule has 1 rings (SSSR count). The van der Waals surface area contributed by atoms with Gasteiger partial charge in [0.1, 0.15) is 6.61 Å². The van der Waals surface area contributed by atoms with Gasteiger partial charge in [0.05, 0.1) is 6.10 Å². The van der Waals surface area contributed by atoms with Crippen molar-refractivity contribution in [3.8, 4) is 0 Å². The first-order valence-electron chi connectivity index (χ1n) is 5.73. The summed E-state index contributed by atoms with van der Waals surface area (Å²) < 4.78 is 5.40. The summed E-state index contributed by atoms with van der Waals surface area (Å²) in [7, 11) is 0. The lowest BCUT2D eigenvalue weighted by Crippen LogP contribution is -2.51. The SMILES string of the molecule is CCC(C)(CC)NC(=O)COC1CNC1. The molecule has 1 saturated heterocycles. The van der Waals surface area contributed by atoms with Crippen LogP contribution in [0.1, 0.15) is 33.6 Å². The van der Waals surface area contributed by atoms with Crippen molar-refractivity contribution in [1.29, 1.82) is 0 Å². The second-order valence-electron chi connectivity index (χ2n) is 4.41. The summed E-state index contributed by atoms with van der Waals surface area (Å²) in [6, 6.07) is 0. The van der Waals surface area contributed by atoms with E-state index in [1.54, 1.807) is 0 Å². The van der Waals surface area contributed by atoms with Crippen LogP contribution in [0.5, 0.6) is 0 Å². The fraction of sp³-hybridized carbons (Fsp3) is 0.909. The van der Waals surface area contributed by atoms with Crippen LogP contribution in [0.3, 0.4) is 0 Å². The standard InChI is InChI=1S/C11H22N2O2/c1-4-11(3,5-2)13-10(14)8-15-9-6-12-7-9/h9,12H,4-8H2,1-3H3,(H,13,14). The molecule has 4 heteroatoms. The number of ether oxygens (including phenoxy) is 1. The van der Waals surface area contributed by atoms with Crippen molar-refractivity contribution in [2.24, 2.45) is 0 Å². The number of nitrogens with one attached hydrogen (secondary N) is 2. The Hall–Kier alpha value is -0.610. The molecule has 15 heavy (non-hydrogen) atoms. The van der Waals surface area contributed by atoms with Crippen LogP contribution in [0.2, 0.25) is 0 Å². The van der Waals surface area contributed by atoms with E-state index in [0.717, 1.165) is 25.9 Å². The zero-order valence-electron chi connectivity index (χ0n) is 9.93. The van der Waals surface area contributed by atoms with Gasteiger partial charge in [-0.1, -0.05) is 13.8 Å². The summed E-state index contributed by atoms with van der Waals surface area (Å²) in [4.78, 5) is 11.6. The van der Waals surface area contributed by atoms with Gasteiger partial charge in [0.2, 0.25) is 5.91 Å². The molecule has 0 spiro atoms. The van der Waals surface area contributed by atoms with Crippen LogP contribution >= 0.6 is 0 Å². The Kier molecular flexibility index (Phi) is 4.54. The molecule has 1 fully saturated rings. The fourth-order valence-corrected chi connectivity index (χ4v) is 1.37. The lowest BCUT2D eigenvalue weighted by atomic mass is 9.96. The van der Waals surface area contributed by atoms with E-state index in [1.165, 1.54) is 0 Å². The lowest BCUT2D eigenvalue weighted by Gasteiger charge is -2.30. The van der Waals surface area contributed by atoms with Crippen molar-refractivity contribution in [3.63, 3.8) is 0 Å². The molecule has 0 aliphatic carbocycles. The quantitative estimate of drug-likeness (QED) is 0.683.